The van der Waals surface area contributed by atoms with Gasteiger partial charge in [0, 0.05) is 13.5 Å². The van der Waals surface area contributed by atoms with Gasteiger partial charge in [0.1, 0.15) is 23.3 Å². The molecule has 1 aromatic carbocycles. The van der Waals surface area contributed by atoms with Gasteiger partial charge in [0.2, 0.25) is 10.0 Å². The smallest absolute Gasteiger partial charge is 0.335 e. The number of hydrogen-bond donors (Lipinski definition) is 2. The molecule has 0 aromatic heterocycles. The molecular weight excluding hydrogens is 469 g/mol. The van der Waals surface area contributed by atoms with Gasteiger partial charge in [-0.05, 0) is 37.6 Å². The van der Waals surface area contributed by atoms with E-state index in [1.165, 1.54) is 19.2 Å². The number of sulfonamides is 1. The highest BCUT2D eigenvalue weighted by atomic mass is 35.5. The van der Waals surface area contributed by atoms with Crippen LogP contribution < -0.4 is 4.31 Å². The van der Waals surface area contributed by atoms with E-state index in [0.29, 0.717) is 0 Å². The number of halogens is 2. The topological polar surface area (TPSA) is 123 Å². The maximum atomic E-state index is 13.4. The van der Waals surface area contributed by atoms with Gasteiger partial charge in [-0.3, -0.25) is 4.31 Å². The summed E-state index contributed by atoms with van der Waals surface area (Å²) in [4.78, 5) is 12.7. The van der Waals surface area contributed by atoms with E-state index >= 15 is 0 Å². The third-order valence-electron chi connectivity index (χ3n) is 5.45. The van der Waals surface area contributed by atoms with E-state index in [2.05, 4.69) is 0 Å². The molecule has 1 saturated heterocycles. The van der Waals surface area contributed by atoms with E-state index < -0.39 is 58.3 Å². The van der Waals surface area contributed by atoms with Crippen molar-refractivity contribution in [2.45, 2.75) is 43.0 Å². The molecule has 3 rings (SSSR count). The predicted octanol–water partition coefficient (Wildman–Crippen LogP) is 1.36. The van der Waals surface area contributed by atoms with Crippen molar-refractivity contribution >= 4 is 33.3 Å². The number of nitrogens with zero attached hydrogens (tertiary/aromatic N) is 1. The minimum absolute atomic E-state index is 0.00974. The lowest BCUT2D eigenvalue weighted by Gasteiger charge is -2.35. The Labute approximate surface area is 190 Å². The Morgan fingerprint density at radius 2 is 1.94 bits per heavy atom. The summed E-state index contributed by atoms with van der Waals surface area (Å²) >= 11 is 6.04. The third-order valence-corrected chi connectivity index (χ3v) is 7.93. The average Bonchev–Trinajstić information content (AvgIpc) is 3.10. The van der Waals surface area contributed by atoms with Crippen molar-refractivity contribution in [3.63, 3.8) is 0 Å². The Morgan fingerprint density at radius 1 is 1.31 bits per heavy atom. The van der Waals surface area contributed by atoms with Crippen LogP contribution in [0.15, 0.2) is 29.8 Å². The first kappa shape index (κ1) is 24.9. The van der Waals surface area contributed by atoms with E-state index in [0.717, 1.165) is 16.4 Å². The van der Waals surface area contributed by atoms with E-state index in [9.17, 15) is 27.8 Å². The standard InChI is InChI=1S/C20H25ClFNO8S/c1-3-29-19(26)13-9-20(30-16(10-24)17(11-25)31-20)7-6-18(13)32(27,28)23(2)15-5-4-12(22)8-14(15)21/h4-5,8-9,16-18,24-25H,3,6-7,10-11H2,1-2H3/t16-,17-,18?/m1/s1. The second kappa shape index (κ2) is 9.62. The van der Waals surface area contributed by atoms with Gasteiger partial charge in [-0.25, -0.2) is 17.6 Å². The van der Waals surface area contributed by atoms with Crippen LogP contribution in [-0.2, 0) is 29.0 Å². The van der Waals surface area contributed by atoms with Crippen molar-refractivity contribution in [1.82, 2.24) is 0 Å². The maximum Gasteiger partial charge on any atom is 0.335 e. The molecule has 1 aliphatic heterocycles. The molecule has 1 spiro atoms. The van der Waals surface area contributed by atoms with E-state index in [4.69, 9.17) is 25.8 Å². The van der Waals surface area contributed by atoms with Crippen molar-refractivity contribution in [2.75, 3.05) is 31.2 Å². The number of ether oxygens (including phenoxy) is 3. The summed E-state index contributed by atoms with van der Waals surface area (Å²) in [7, 11) is -2.94. The zero-order chi connectivity index (χ0) is 23.7. The number of rotatable bonds is 7. The molecule has 12 heteroatoms. The number of anilines is 1. The van der Waals surface area contributed by atoms with Crippen LogP contribution in [0, 0.1) is 5.82 Å². The normalized spacial score (nSPS) is 24.9. The first-order valence-corrected chi connectivity index (χ1v) is 11.9. The second-order valence-electron chi connectivity index (χ2n) is 7.45. The largest absolute Gasteiger partial charge is 0.463 e. The molecule has 0 radical (unpaired) electrons. The average molecular weight is 494 g/mol. The number of benzene rings is 1. The summed E-state index contributed by atoms with van der Waals surface area (Å²) < 4.78 is 57.8. The zero-order valence-electron chi connectivity index (χ0n) is 17.5. The Kier molecular flexibility index (Phi) is 7.48. The van der Waals surface area contributed by atoms with Crippen LogP contribution in [0.25, 0.3) is 0 Å². The first-order valence-electron chi connectivity index (χ1n) is 9.98. The number of hydrogen-bond acceptors (Lipinski definition) is 8. The Hall–Kier alpha value is -1.76. The Morgan fingerprint density at radius 3 is 2.47 bits per heavy atom. The van der Waals surface area contributed by atoms with E-state index in [1.54, 1.807) is 6.92 Å². The lowest BCUT2D eigenvalue weighted by Crippen LogP contribution is -2.45. The molecule has 1 unspecified atom stereocenters. The number of aliphatic hydroxyl groups excluding tert-OH is 2. The predicted molar refractivity (Wildman–Crippen MR) is 113 cm³/mol. The highest BCUT2D eigenvalue weighted by Crippen LogP contribution is 2.42. The minimum atomic E-state index is -4.20. The second-order valence-corrected chi connectivity index (χ2v) is 10.00. The Balaban J connectivity index is 2.01. The third kappa shape index (κ3) is 4.63. The molecule has 32 heavy (non-hydrogen) atoms. The van der Waals surface area contributed by atoms with Crippen LogP contribution in [0.1, 0.15) is 19.8 Å². The fourth-order valence-electron chi connectivity index (χ4n) is 3.86. The van der Waals surface area contributed by atoms with Gasteiger partial charge in [0.25, 0.3) is 0 Å². The van der Waals surface area contributed by atoms with Crippen molar-refractivity contribution < 1.29 is 42.0 Å². The molecule has 2 aliphatic rings. The van der Waals surface area contributed by atoms with Gasteiger partial charge < -0.3 is 24.4 Å². The quantitative estimate of drug-likeness (QED) is 0.546. The summed E-state index contributed by atoms with van der Waals surface area (Å²) in [6.07, 6.45) is -0.471. The van der Waals surface area contributed by atoms with Gasteiger partial charge in [-0.2, -0.15) is 0 Å². The zero-order valence-corrected chi connectivity index (χ0v) is 19.1. The van der Waals surface area contributed by atoms with Crippen LogP contribution in [0.2, 0.25) is 5.02 Å². The number of esters is 1. The number of carbonyl (C=O) groups excluding carboxylic acids is 1. The molecule has 1 aromatic rings. The van der Waals surface area contributed by atoms with Crippen molar-refractivity contribution in [3.05, 3.63) is 40.7 Å². The van der Waals surface area contributed by atoms with Crippen molar-refractivity contribution in [1.29, 1.82) is 0 Å². The maximum absolute atomic E-state index is 13.4. The number of carbonyl (C=O) groups is 1. The van der Waals surface area contributed by atoms with Gasteiger partial charge in [-0.1, -0.05) is 11.6 Å². The number of aliphatic hydroxyl groups is 2. The summed E-state index contributed by atoms with van der Waals surface area (Å²) in [5, 5.41) is 17.6. The van der Waals surface area contributed by atoms with Crippen molar-refractivity contribution in [3.8, 4) is 0 Å². The summed E-state index contributed by atoms with van der Waals surface area (Å²) in [6.45, 7) is 0.735. The van der Waals surface area contributed by atoms with Gasteiger partial charge >= 0.3 is 5.97 Å². The first-order chi connectivity index (χ1) is 15.1. The molecule has 2 N–H and O–H groups in total. The highest BCUT2D eigenvalue weighted by Gasteiger charge is 2.52. The monoisotopic (exact) mass is 493 g/mol. The van der Waals surface area contributed by atoms with Crippen LogP contribution >= 0.6 is 11.6 Å². The molecule has 0 amide bonds. The molecule has 1 aliphatic carbocycles. The van der Waals surface area contributed by atoms with Crippen LogP contribution in [0.3, 0.4) is 0 Å². The van der Waals surface area contributed by atoms with Gasteiger partial charge in [0.15, 0.2) is 5.79 Å². The molecular formula is C20H25ClFNO8S. The summed E-state index contributed by atoms with van der Waals surface area (Å²) in [6, 6.07) is 3.30. The minimum Gasteiger partial charge on any atom is -0.463 e. The van der Waals surface area contributed by atoms with Crippen molar-refractivity contribution in [2.24, 2.45) is 0 Å². The SMILES string of the molecule is CCOC(=O)C1=CC2(CCC1S(=O)(=O)N(C)c1ccc(F)cc1Cl)O[C@H](CO)[C@@H](CO)O2. The lowest BCUT2D eigenvalue weighted by molar-refractivity contribution is -0.154. The Bertz CT molecular complexity index is 989. The van der Waals surface area contributed by atoms with Crippen LogP contribution in [0.4, 0.5) is 10.1 Å². The van der Waals surface area contributed by atoms with E-state index in [1.807, 2.05) is 0 Å². The molecule has 3 atom stereocenters. The fraction of sp³-hybridized carbons (Fsp3) is 0.550. The molecule has 9 nitrogen and oxygen atoms in total. The van der Waals surface area contributed by atoms with Crippen LogP contribution in [-0.4, -0.2) is 74.7 Å². The highest BCUT2D eigenvalue weighted by molar-refractivity contribution is 7.93. The van der Waals surface area contributed by atoms with E-state index in [-0.39, 0.29) is 35.7 Å². The molecule has 178 valence electrons. The summed E-state index contributed by atoms with van der Waals surface area (Å²) in [5.41, 5.74) is -0.149. The molecule has 1 heterocycles. The van der Waals surface area contributed by atoms with Gasteiger partial charge in [0.05, 0.1) is 36.1 Å². The molecule has 0 saturated carbocycles. The molecule has 1 fully saturated rings. The van der Waals surface area contributed by atoms with Crippen LogP contribution in [0.5, 0.6) is 0 Å². The summed E-state index contributed by atoms with van der Waals surface area (Å²) in [5.74, 6) is -2.97. The lowest BCUT2D eigenvalue weighted by atomic mass is 9.94. The fourth-order valence-corrected chi connectivity index (χ4v) is 5.92. The molecule has 0 bridgehead atoms. The van der Waals surface area contributed by atoms with Gasteiger partial charge in [-0.15, -0.1) is 0 Å².